The van der Waals surface area contributed by atoms with Gasteiger partial charge in [0.05, 0.1) is 6.10 Å². The molecule has 2 aromatic rings. The van der Waals surface area contributed by atoms with E-state index >= 15 is 0 Å². The highest BCUT2D eigenvalue weighted by Gasteiger charge is 2.23. The Kier molecular flexibility index (Phi) is 7.75. The Hall–Kier alpha value is -1.52. The van der Waals surface area contributed by atoms with Gasteiger partial charge >= 0.3 is 5.97 Å². The van der Waals surface area contributed by atoms with Gasteiger partial charge in [-0.3, -0.25) is 4.79 Å². The van der Waals surface area contributed by atoms with Gasteiger partial charge < -0.3 is 14.8 Å². The highest BCUT2D eigenvalue weighted by molar-refractivity contribution is 6.31. The number of fused-ring (bicyclic) bond motifs is 1. The normalized spacial score (nSPS) is 14.0. The van der Waals surface area contributed by atoms with Gasteiger partial charge in [-0.2, -0.15) is 0 Å². The summed E-state index contributed by atoms with van der Waals surface area (Å²) in [6, 6.07) is 5.75. The van der Waals surface area contributed by atoms with E-state index in [1.165, 1.54) is 6.42 Å². The maximum atomic E-state index is 11.0. The van der Waals surface area contributed by atoms with Crippen LogP contribution in [0.1, 0.15) is 70.2 Å². The van der Waals surface area contributed by atoms with Crippen molar-refractivity contribution >= 4 is 28.5 Å². The van der Waals surface area contributed by atoms with E-state index in [1.54, 1.807) is 0 Å². The smallest absolute Gasteiger partial charge is 0.303 e. The van der Waals surface area contributed by atoms with E-state index in [0.29, 0.717) is 17.4 Å². The summed E-state index contributed by atoms with van der Waals surface area (Å²) < 4.78 is 2.14. The molecule has 27 heavy (non-hydrogen) atoms. The van der Waals surface area contributed by atoms with Crippen LogP contribution in [0.4, 0.5) is 0 Å². The molecule has 0 aliphatic heterocycles. The molecule has 0 aliphatic carbocycles. The molecule has 5 heteroatoms. The lowest BCUT2D eigenvalue weighted by Gasteiger charge is -2.17. The monoisotopic (exact) mass is 393 g/mol. The number of hydrogen-bond acceptors (Lipinski definition) is 2. The fourth-order valence-electron chi connectivity index (χ4n) is 3.89. The minimum Gasteiger partial charge on any atom is -0.481 e. The summed E-state index contributed by atoms with van der Waals surface area (Å²) in [5.41, 5.74) is 3.08. The van der Waals surface area contributed by atoms with Gasteiger partial charge in [0, 0.05) is 40.7 Å². The Balaban J connectivity index is 2.32. The Labute approximate surface area is 167 Å². The zero-order valence-corrected chi connectivity index (χ0v) is 17.6. The molecule has 2 atom stereocenters. The number of rotatable bonds is 10. The first kappa shape index (κ1) is 21.8. The van der Waals surface area contributed by atoms with Crippen LogP contribution in [0, 0.1) is 11.8 Å². The Bertz CT molecular complexity index is 781. The number of aromatic nitrogens is 1. The van der Waals surface area contributed by atoms with Crippen LogP contribution in [-0.4, -0.2) is 20.7 Å². The maximum absolute atomic E-state index is 11.0. The zero-order chi connectivity index (χ0) is 20.1. The van der Waals surface area contributed by atoms with E-state index in [4.69, 9.17) is 16.7 Å². The summed E-state index contributed by atoms with van der Waals surface area (Å²) in [4.78, 5) is 11.0. The van der Waals surface area contributed by atoms with Gasteiger partial charge in [-0.15, -0.1) is 0 Å². The number of aliphatic hydroxyl groups is 1. The molecule has 0 saturated heterocycles. The van der Waals surface area contributed by atoms with Crippen LogP contribution < -0.4 is 0 Å². The van der Waals surface area contributed by atoms with Crippen LogP contribution in [0.5, 0.6) is 0 Å². The van der Waals surface area contributed by atoms with Crippen molar-refractivity contribution in [3.8, 4) is 0 Å². The molecule has 0 bridgehead atoms. The minimum atomic E-state index is -0.826. The molecular weight excluding hydrogens is 362 g/mol. The van der Waals surface area contributed by atoms with Gasteiger partial charge in [-0.05, 0) is 43.2 Å². The number of aryl methyl sites for hydroxylation is 1. The second kappa shape index (κ2) is 9.61. The number of carboxylic acids is 1. The third-order valence-electron chi connectivity index (χ3n) is 5.25. The first-order valence-corrected chi connectivity index (χ1v) is 10.2. The molecule has 0 amide bonds. The Morgan fingerprint density at radius 3 is 2.56 bits per heavy atom. The van der Waals surface area contributed by atoms with Gasteiger partial charge in [-0.1, -0.05) is 51.3 Å². The van der Waals surface area contributed by atoms with E-state index in [9.17, 15) is 9.90 Å². The van der Waals surface area contributed by atoms with Gasteiger partial charge in [0.25, 0.3) is 0 Å². The molecule has 1 heterocycles. The lowest BCUT2D eigenvalue weighted by Crippen LogP contribution is -2.11. The highest BCUT2D eigenvalue weighted by atomic mass is 35.5. The van der Waals surface area contributed by atoms with Crippen molar-refractivity contribution < 1.29 is 15.0 Å². The highest BCUT2D eigenvalue weighted by Crippen LogP contribution is 2.36. The first-order chi connectivity index (χ1) is 12.7. The number of halogens is 1. The maximum Gasteiger partial charge on any atom is 0.303 e. The lowest BCUT2D eigenvalue weighted by atomic mass is 9.93. The van der Waals surface area contributed by atoms with Crippen molar-refractivity contribution in [2.75, 3.05) is 0 Å². The van der Waals surface area contributed by atoms with Crippen LogP contribution in [0.15, 0.2) is 18.2 Å². The number of benzene rings is 1. The molecule has 0 fully saturated rings. The molecular formula is C22H32ClNO3. The summed E-state index contributed by atoms with van der Waals surface area (Å²) in [6.45, 7) is 6.34. The van der Waals surface area contributed by atoms with Gasteiger partial charge in [0.1, 0.15) is 0 Å². The van der Waals surface area contributed by atoms with Crippen LogP contribution in [0.3, 0.4) is 0 Å². The van der Waals surface area contributed by atoms with E-state index < -0.39 is 12.1 Å². The van der Waals surface area contributed by atoms with E-state index in [-0.39, 0.29) is 12.3 Å². The third-order valence-corrected chi connectivity index (χ3v) is 5.49. The fourth-order valence-corrected chi connectivity index (χ4v) is 4.06. The predicted molar refractivity (Wildman–Crippen MR) is 111 cm³/mol. The van der Waals surface area contributed by atoms with Gasteiger partial charge in [-0.25, -0.2) is 0 Å². The molecule has 0 aliphatic rings. The second-order valence-corrected chi connectivity index (χ2v) is 8.61. The van der Waals surface area contributed by atoms with Gasteiger partial charge in [0.2, 0.25) is 0 Å². The SMILES string of the molecule is CC(C)CCCCc1c([C@@H](O)CC(C)CC(=O)O)c2ccc(Cl)cc2n1C. The molecule has 0 radical (unpaired) electrons. The first-order valence-electron chi connectivity index (χ1n) is 9.87. The molecule has 0 saturated carbocycles. The number of nitrogens with zero attached hydrogens (tertiary/aromatic N) is 1. The van der Waals surface area contributed by atoms with Crippen molar-refractivity contribution in [3.05, 3.63) is 34.5 Å². The number of carbonyl (C=O) groups is 1. The molecule has 0 spiro atoms. The van der Waals surface area contributed by atoms with Crippen molar-refractivity contribution in [1.82, 2.24) is 4.57 Å². The van der Waals surface area contributed by atoms with Crippen LogP contribution >= 0.6 is 11.6 Å². The van der Waals surface area contributed by atoms with Crippen molar-refractivity contribution in [3.63, 3.8) is 0 Å². The number of carboxylic acid groups (broad SMARTS) is 1. The summed E-state index contributed by atoms with van der Waals surface area (Å²) >= 11 is 6.19. The number of hydrogen-bond donors (Lipinski definition) is 2. The molecule has 1 aromatic carbocycles. The van der Waals surface area contributed by atoms with Crippen molar-refractivity contribution in [2.24, 2.45) is 18.9 Å². The molecule has 1 aromatic heterocycles. The standard InChI is InChI=1S/C22H32ClNO3/c1-14(2)7-5-6-8-18-22(20(25)11-15(3)12-21(26)27)17-10-9-16(23)13-19(17)24(18)4/h9-10,13-15,20,25H,5-8,11-12H2,1-4H3,(H,26,27)/t15?,20-/m0/s1. The molecule has 4 nitrogen and oxygen atoms in total. The summed E-state index contributed by atoms with van der Waals surface area (Å²) in [5.74, 6) is -0.222. The minimum absolute atomic E-state index is 0.0668. The molecule has 150 valence electrons. The summed E-state index contributed by atoms with van der Waals surface area (Å²) in [5, 5.41) is 21.7. The van der Waals surface area contributed by atoms with Crippen molar-refractivity contribution in [1.29, 1.82) is 0 Å². The predicted octanol–water partition coefficient (Wildman–Crippen LogP) is 5.73. The summed E-state index contributed by atoms with van der Waals surface area (Å²) in [7, 11) is 2.02. The van der Waals surface area contributed by atoms with Crippen LogP contribution in [-0.2, 0) is 18.3 Å². The molecule has 2 N–H and O–H groups in total. The van der Waals surface area contributed by atoms with Crippen LogP contribution in [0.2, 0.25) is 5.02 Å². The Morgan fingerprint density at radius 2 is 1.93 bits per heavy atom. The molecule has 2 rings (SSSR count). The number of unbranched alkanes of at least 4 members (excludes halogenated alkanes) is 1. The second-order valence-electron chi connectivity index (χ2n) is 8.18. The average molecular weight is 394 g/mol. The van der Waals surface area contributed by atoms with Crippen molar-refractivity contribution in [2.45, 2.75) is 65.4 Å². The third kappa shape index (κ3) is 5.73. The number of aliphatic carboxylic acids is 1. The molecule has 1 unspecified atom stereocenters. The van der Waals surface area contributed by atoms with Crippen LogP contribution in [0.25, 0.3) is 10.9 Å². The quantitative estimate of drug-likeness (QED) is 0.506. The Morgan fingerprint density at radius 1 is 1.22 bits per heavy atom. The topological polar surface area (TPSA) is 62.5 Å². The van der Waals surface area contributed by atoms with Gasteiger partial charge in [0.15, 0.2) is 0 Å². The van der Waals surface area contributed by atoms with E-state index in [1.807, 2.05) is 32.2 Å². The fraction of sp³-hybridized carbons (Fsp3) is 0.591. The number of aliphatic hydroxyl groups excluding tert-OH is 1. The largest absolute Gasteiger partial charge is 0.481 e. The van der Waals surface area contributed by atoms with E-state index in [2.05, 4.69) is 18.4 Å². The zero-order valence-electron chi connectivity index (χ0n) is 16.8. The lowest BCUT2D eigenvalue weighted by molar-refractivity contribution is -0.138. The average Bonchev–Trinajstić information content (AvgIpc) is 2.82. The summed E-state index contributed by atoms with van der Waals surface area (Å²) in [6.07, 6.45) is 4.15. The van der Waals surface area contributed by atoms with E-state index in [0.717, 1.165) is 41.4 Å².